The van der Waals surface area contributed by atoms with E-state index in [0.29, 0.717) is 24.5 Å². The maximum atomic E-state index is 5.58. The number of hydrogen-bond donors (Lipinski definition) is 0. The lowest BCUT2D eigenvalue weighted by Crippen LogP contribution is -1.97. The Hall–Kier alpha value is -1.77. The molecule has 0 saturated carbocycles. The van der Waals surface area contributed by atoms with Crippen molar-refractivity contribution in [1.29, 1.82) is 0 Å². The van der Waals surface area contributed by atoms with Gasteiger partial charge in [0.1, 0.15) is 12.2 Å². The molecule has 0 bridgehead atoms. The van der Waals surface area contributed by atoms with Gasteiger partial charge in [0, 0.05) is 12.0 Å². The molecule has 0 saturated heterocycles. The fourth-order valence-corrected chi connectivity index (χ4v) is 1.41. The first-order valence-corrected chi connectivity index (χ1v) is 5.01. The maximum Gasteiger partial charge on any atom is 0.162 e. The Balaban J connectivity index is 2.41. The lowest BCUT2D eigenvalue weighted by Gasteiger charge is -2.03. The van der Waals surface area contributed by atoms with Gasteiger partial charge >= 0.3 is 0 Å². The summed E-state index contributed by atoms with van der Waals surface area (Å²) in [6.45, 7) is 11.1. The first-order valence-electron chi connectivity index (χ1n) is 5.01. The summed E-state index contributed by atoms with van der Waals surface area (Å²) in [5.74, 6) is 1.22. The minimum absolute atomic E-state index is 0.312. The summed E-state index contributed by atoms with van der Waals surface area (Å²) in [6, 6.07) is 7.81. The lowest BCUT2D eigenvalue weighted by atomic mass is 10.1. The Kier molecular flexibility index (Phi) is 3.25. The molecule has 0 fully saturated rings. The molecule has 78 valence electrons. The summed E-state index contributed by atoms with van der Waals surface area (Å²) in [4.78, 5) is 12.3. The van der Waals surface area contributed by atoms with Crippen molar-refractivity contribution < 1.29 is 0 Å². The minimum atomic E-state index is 0.312. The number of nitrogens with zero attached hydrogens (tertiary/aromatic N) is 3. The summed E-state index contributed by atoms with van der Waals surface area (Å²) in [5.41, 5.74) is 1.98. The van der Waals surface area contributed by atoms with E-state index in [2.05, 4.69) is 15.0 Å². The highest BCUT2D eigenvalue weighted by Gasteiger charge is 2.03. The van der Waals surface area contributed by atoms with Crippen LogP contribution in [0.5, 0.6) is 0 Å². The molecule has 16 heavy (non-hydrogen) atoms. The van der Waals surface area contributed by atoms with Gasteiger partial charge in [0.05, 0.1) is 0 Å². The van der Waals surface area contributed by atoms with E-state index in [1.54, 1.807) is 0 Å². The van der Waals surface area contributed by atoms with E-state index in [4.69, 9.17) is 13.8 Å². The van der Waals surface area contributed by atoms with E-state index >= 15 is 0 Å². The number of aromatic nitrogens is 3. The van der Waals surface area contributed by atoms with Crippen LogP contribution in [0.1, 0.15) is 11.4 Å². The van der Waals surface area contributed by atoms with Gasteiger partial charge in [0.15, 0.2) is 5.82 Å². The number of rotatable bonds is 3. The van der Waals surface area contributed by atoms with Crippen molar-refractivity contribution in [3.8, 4) is 11.4 Å². The lowest BCUT2D eigenvalue weighted by molar-refractivity contribution is 0.938. The highest BCUT2D eigenvalue weighted by Crippen LogP contribution is 2.16. The summed E-state index contributed by atoms with van der Waals surface area (Å²) < 4.78 is 0. The quantitative estimate of drug-likeness (QED) is 0.776. The van der Waals surface area contributed by atoms with Crippen LogP contribution < -0.4 is 0 Å². The van der Waals surface area contributed by atoms with E-state index in [-0.39, 0.29) is 0 Å². The standard InChI is InChI=1S/C13H11N3/c1-3-10-6-5-7-11(8-10)13-15-9-14-12(4-2)16-13/h1-2,5-9H,3-4H2. The van der Waals surface area contributed by atoms with Crippen LogP contribution in [0.25, 0.3) is 11.4 Å². The SMILES string of the molecule is [CH]Cc1cccc(-c2ncnc(C[CH])n2)c1. The average molecular weight is 209 g/mol. The zero-order valence-electron chi connectivity index (χ0n) is 8.80. The molecular formula is C13H11N3. The Morgan fingerprint density at radius 1 is 1.06 bits per heavy atom. The number of benzene rings is 1. The normalized spacial score (nSPS) is 10.4. The summed E-state index contributed by atoms with van der Waals surface area (Å²) in [7, 11) is 0. The summed E-state index contributed by atoms with van der Waals surface area (Å²) in [6.07, 6.45) is 2.29. The van der Waals surface area contributed by atoms with Crippen molar-refractivity contribution >= 4 is 0 Å². The van der Waals surface area contributed by atoms with Gasteiger partial charge in [0.25, 0.3) is 0 Å². The van der Waals surface area contributed by atoms with Gasteiger partial charge in [-0.3, -0.25) is 0 Å². The van der Waals surface area contributed by atoms with Gasteiger partial charge < -0.3 is 0 Å². The minimum Gasteiger partial charge on any atom is -0.221 e. The van der Waals surface area contributed by atoms with Crippen LogP contribution in [0.2, 0.25) is 0 Å². The van der Waals surface area contributed by atoms with Crippen molar-refractivity contribution in [2.75, 3.05) is 0 Å². The molecule has 0 atom stereocenters. The molecule has 1 aromatic carbocycles. The van der Waals surface area contributed by atoms with Gasteiger partial charge in [-0.2, -0.15) is 0 Å². The van der Waals surface area contributed by atoms with E-state index < -0.39 is 0 Å². The third-order valence-electron chi connectivity index (χ3n) is 2.23. The summed E-state index contributed by atoms with van der Waals surface area (Å²) >= 11 is 0. The molecule has 0 unspecified atom stereocenters. The fourth-order valence-electron chi connectivity index (χ4n) is 1.41. The van der Waals surface area contributed by atoms with E-state index in [0.717, 1.165) is 11.1 Å². The van der Waals surface area contributed by atoms with Crippen molar-refractivity contribution in [3.05, 3.63) is 55.8 Å². The van der Waals surface area contributed by atoms with Crippen molar-refractivity contribution in [1.82, 2.24) is 15.0 Å². The molecule has 0 aliphatic carbocycles. The molecule has 0 aliphatic rings. The second-order valence-corrected chi connectivity index (χ2v) is 3.33. The first kappa shape index (κ1) is 10.7. The second kappa shape index (κ2) is 4.84. The smallest absolute Gasteiger partial charge is 0.162 e. The van der Waals surface area contributed by atoms with Crippen LogP contribution in [-0.4, -0.2) is 15.0 Å². The predicted molar refractivity (Wildman–Crippen MR) is 61.3 cm³/mol. The summed E-state index contributed by atoms with van der Waals surface area (Å²) in [5, 5.41) is 0. The van der Waals surface area contributed by atoms with Gasteiger partial charge in [-0.25, -0.2) is 15.0 Å². The molecule has 1 heterocycles. The first-order chi connectivity index (χ1) is 7.83. The topological polar surface area (TPSA) is 38.7 Å². The highest BCUT2D eigenvalue weighted by atomic mass is 15.0. The Labute approximate surface area is 95.6 Å². The monoisotopic (exact) mass is 209 g/mol. The van der Waals surface area contributed by atoms with Crippen LogP contribution in [0.15, 0.2) is 30.6 Å². The third-order valence-corrected chi connectivity index (χ3v) is 2.23. The molecule has 4 radical (unpaired) electrons. The van der Waals surface area contributed by atoms with E-state index in [1.807, 2.05) is 24.3 Å². The second-order valence-electron chi connectivity index (χ2n) is 3.33. The Morgan fingerprint density at radius 3 is 2.69 bits per heavy atom. The van der Waals surface area contributed by atoms with Crippen molar-refractivity contribution in [3.63, 3.8) is 0 Å². The molecule has 1 aromatic heterocycles. The molecule has 0 aliphatic heterocycles. The molecule has 3 heteroatoms. The molecular weight excluding hydrogens is 198 g/mol. The van der Waals surface area contributed by atoms with Crippen LogP contribution in [0, 0.1) is 13.8 Å². The number of hydrogen-bond acceptors (Lipinski definition) is 3. The van der Waals surface area contributed by atoms with Gasteiger partial charge in [0.2, 0.25) is 0 Å². The molecule has 2 rings (SSSR count). The molecule has 0 amide bonds. The van der Waals surface area contributed by atoms with Gasteiger partial charge in [-0.1, -0.05) is 18.2 Å². The van der Waals surface area contributed by atoms with Crippen LogP contribution >= 0.6 is 0 Å². The Bertz CT molecular complexity index is 435. The Morgan fingerprint density at radius 2 is 1.94 bits per heavy atom. The molecule has 2 aromatic rings. The van der Waals surface area contributed by atoms with Crippen LogP contribution in [0.3, 0.4) is 0 Å². The van der Waals surface area contributed by atoms with Crippen molar-refractivity contribution in [2.45, 2.75) is 12.8 Å². The van der Waals surface area contributed by atoms with Crippen LogP contribution in [-0.2, 0) is 12.8 Å². The predicted octanol–water partition coefficient (Wildman–Crippen LogP) is 2.05. The molecule has 0 spiro atoms. The maximum absolute atomic E-state index is 5.58. The fraction of sp³-hybridized carbons (Fsp3) is 0.154. The van der Waals surface area contributed by atoms with Gasteiger partial charge in [-0.05, 0) is 31.9 Å². The zero-order valence-corrected chi connectivity index (χ0v) is 8.80. The average Bonchev–Trinajstić information content (AvgIpc) is 2.39. The van der Waals surface area contributed by atoms with Crippen LogP contribution in [0.4, 0.5) is 0 Å². The van der Waals surface area contributed by atoms with Gasteiger partial charge in [-0.15, -0.1) is 0 Å². The van der Waals surface area contributed by atoms with Crippen molar-refractivity contribution in [2.24, 2.45) is 0 Å². The largest absolute Gasteiger partial charge is 0.221 e. The molecule has 0 N–H and O–H groups in total. The zero-order chi connectivity index (χ0) is 11.4. The van der Waals surface area contributed by atoms with E-state index in [9.17, 15) is 0 Å². The third kappa shape index (κ3) is 2.24. The van der Waals surface area contributed by atoms with E-state index in [1.165, 1.54) is 6.33 Å². The molecule has 3 nitrogen and oxygen atoms in total. The highest BCUT2D eigenvalue weighted by molar-refractivity contribution is 5.55.